The van der Waals surface area contributed by atoms with Gasteiger partial charge in [0.25, 0.3) is 0 Å². The Morgan fingerprint density at radius 3 is 2.14 bits per heavy atom. The van der Waals surface area contributed by atoms with Crippen LogP contribution < -0.4 is 0 Å². The Balaban J connectivity index is 1.08. The van der Waals surface area contributed by atoms with E-state index >= 15 is 0 Å². The molecule has 2 aliphatic carbocycles. The summed E-state index contributed by atoms with van der Waals surface area (Å²) in [4.78, 5) is 1.14. The quantitative estimate of drug-likeness (QED) is 0.167. The lowest BCUT2D eigenvalue weighted by atomic mass is 9.67. The molecule has 2 nitrogen and oxygen atoms in total. The van der Waals surface area contributed by atoms with Crippen LogP contribution in [-0.2, 0) is 5.41 Å². The van der Waals surface area contributed by atoms with Crippen molar-refractivity contribution in [1.29, 1.82) is 0 Å². The number of benzene rings is 7. The maximum Gasteiger partial charge on any atom is 0.145 e. The average Bonchev–Trinajstić information content (AvgIpc) is 4.02. The molecule has 0 bridgehead atoms. The Hall–Kier alpha value is -7.03. The third-order valence-electron chi connectivity index (χ3n) is 12.1. The topological polar surface area (TPSA) is 18.1 Å². The Bertz CT molecular complexity index is 3250. The van der Waals surface area contributed by atoms with Gasteiger partial charge in [0, 0.05) is 43.9 Å². The molecule has 3 aliphatic rings. The van der Waals surface area contributed by atoms with Gasteiger partial charge in [0.1, 0.15) is 11.3 Å². The Morgan fingerprint density at radius 1 is 0.632 bits per heavy atom. The molecular formula is C54H33NOS. The highest BCUT2D eigenvalue weighted by Gasteiger charge is 2.46. The summed E-state index contributed by atoms with van der Waals surface area (Å²) in [7, 11) is 0. The van der Waals surface area contributed by atoms with Gasteiger partial charge in [-0.3, -0.25) is 0 Å². The lowest BCUT2D eigenvalue weighted by Gasteiger charge is -2.34. The molecule has 1 aliphatic heterocycles. The zero-order valence-electron chi connectivity index (χ0n) is 30.9. The van der Waals surface area contributed by atoms with Gasteiger partial charge in [0.05, 0.1) is 16.4 Å². The number of fused-ring (bicyclic) bond motifs is 13. The molecule has 0 saturated carbocycles. The SMILES string of the molecule is C=C1/C=C\C=C/Sc2c1c1oc3c(c1c1c4ccccc4n(-c4ccc(-c5ccc6c(c5)C(c5ccccc5)(c5ccccc5)c5ccccc5-6)cc4)c21)C=C=C3. The maximum absolute atomic E-state index is 6.64. The van der Waals surface area contributed by atoms with Crippen molar-refractivity contribution in [2.45, 2.75) is 10.3 Å². The van der Waals surface area contributed by atoms with Gasteiger partial charge in [-0.05, 0) is 85.8 Å². The van der Waals surface area contributed by atoms with Crippen molar-refractivity contribution in [3.8, 4) is 27.9 Å². The average molecular weight is 744 g/mol. The second-order valence-corrected chi connectivity index (χ2v) is 15.9. The van der Waals surface area contributed by atoms with Gasteiger partial charge in [-0.15, -0.1) is 5.73 Å². The van der Waals surface area contributed by atoms with Crippen LogP contribution in [0, 0.1) is 0 Å². The first-order valence-electron chi connectivity index (χ1n) is 19.4. The number of hydrogen-bond donors (Lipinski definition) is 0. The first-order valence-corrected chi connectivity index (χ1v) is 20.2. The molecular weight excluding hydrogens is 711 g/mol. The first-order chi connectivity index (χ1) is 28.2. The molecule has 3 heteroatoms. The Labute approximate surface area is 334 Å². The minimum atomic E-state index is -0.446. The molecule has 3 heterocycles. The molecule has 0 unspecified atom stereocenters. The molecule has 0 fully saturated rings. The fourth-order valence-corrected chi connectivity index (χ4v) is 10.7. The molecule has 57 heavy (non-hydrogen) atoms. The van der Waals surface area contributed by atoms with Crippen LogP contribution in [0.4, 0.5) is 0 Å². The van der Waals surface area contributed by atoms with Crippen molar-refractivity contribution in [1.82, 2.24) is 4.57 Å². The zero-order valence-corrected chi connectivity index (χ0v) is 31.7. The van der Waals surface area contributed by atoms with E-state index in [4.69, 9.17) is 4.42 Å². The van der Waals surface area contributed by atoms with E-state index in [1.54, 1.807) is 11.8 Å². The molecule has 0 atom stereocenters. The third-order valence-corrected chi connectivity index (χ3v) is 13.0. The number of hydrogen-bond acceptors (Lipinski definition) is 2. The molecule has 0 N–H and O–H groups in total. The van der Waals surface area contributed by atoms with Crippen LogP contribution in [0.1, 0.15) is 39.1 Å². The normalized spacial score (nSPS) is 15.7. The van der Waals surface area contributed by atoms with Crippen LogP contribution in [0.15, 0.2) is 197 Å². The maximum atomic E-state index is 6.64. The highest BCUT2D eigenvalue weighted by Crippen LogP contribution is 2.57. The fraction of sp³-hybridized carbons (Fsp3) is 0.0185. The van der Waals surface area contributed by atoms with E-state index in [0.717, 1.165) is 55.0 Å². The highest BCUT2D eigenvalue weighted by atomic mass is 32.2. The van der Waals surface area contributed by atoms with E-state index in [2.05, 4.69) is 198 Å². The van der Waals surface area contributed by atoms with Crippen molar-refractivity contribution in [2.75, 3.05) is 0 Å². The minimum absolute atomic E-state index is 0.446. The summed E-state index contributed by atoms with van der Waals surface area (Å²) in [6, 6.07) is 55.9. The number of allylic oxidation sites excluding steroid dienone is 4. The van der Waals surface area contributed by atoms with Gasteiger partial charge < -0.3 is 8.98 Å². The van der Waals surface area contributed by atoms with E-state index < -0.39 is 5.41 Å². The molecule has 2 aromatic heterocycles. The van der Waals surface area contributed by atoms with E-state index in [1.807, 2.05) is 6.08 Å². The largest absolute Gasteiger partial charge is 0.455 e. The molecule has 0 spiro atoms. The van der Waals surface area contributed by atoms with Crippen LogP contribution in [0.5, 0.6) is 0 Å². The van der Waals surface area contributed by atoms with Crippen molar-refractivity contribution in [3.05, 3.63) is 227 Å². The van der Waals surface area contributed by atoms with Gasteiger partial charge in [-0.1, -0.05) is 164 Å². The van der Waals surface area contributed by atoms with Gasteiger partial charge in [0.15, 0.2) is 0 Å². The predicted octanol–water partition coefficient (Wildman–Crippen LogP) is 14.4. The molecule has 12 rings (SSSR count). The van der Waals surface area contributed by atoms with Crippen LogP contribution in [-0.4, -0.2) is 4.57 Å². The number of nitrogens with zero attached hydrogens (tertiary/aromatic N) is 1. The van der Waals surface area contributed by atoms with Crippen molar-refractivity contribution >= 4 is 62.3 Å². The zero-order chi connectivity index (χ0) is 37.7. The van der Waals surface area contributed by atoms with E-state index in [1.165, 1.54) is 55.3 Å². The molecule has 7 aromatic carbocycles. The van der Waals surface area contributed by atoms with Crippen LogP contribution in [0.2, 0.25) is 0 Å². The lowest BCUT2D eigenvalue weighted by molar-refractivity contribution is 0.602. The van der Waals surface area contributed by atoms with E-state index in [0.29, 0.717) is 0 Å². The van der Waals surface area contributed by atoms with Gasteiger partial charge in [0.2, 0.25) is 0 Å². The smallest absolute Gasteiger partial charge is 0.145 e. The number of thioether (sulfide) groups is 1. The van der Waals surface area contributed by atoms with Crippen molar-refractivity contribution < 1.29 is 4.42 Å². The number of rotatable bonds is 4. The summed E-state index contributed by atoms with van der Waals surface area (Å²) in [5, 5.41) is 5.66. The summed E-state index contributed by atoms with van der Waals surface area (Å²) in [5.74, 6) is 0.848. The predicted molar refractivity (Wildman–Crippen MR) is 239 cm³/mol. The summed E-state index contributed by atoms with van der Waals surface area (Å²) in [5.41, 5.74) is 20.3. The molecule has 0 radical (unpaired) electrons. The van der Waals surface area contributed by atoms with Gasteiger partial charge in [-0.25, -0.2) is 0 Å². The highest BCUT2D eigenvalue weighted by molar-refractivity contribution is 8.02. The fourth-order valence-electron chi connectivity index (χ4n) is 9.78. The standard InChI is InChI=1S/C54H33NOS/c1-34-15-12-13-32-57-53-48(34)52-50(43-22-14-25-47(43)56-52)49-42-21-9-11-24-46(42)55(51(49)53)39-29-26-35(27-30-39)36-28-31-41-40-20-8-10-23-44(40)54(45(41)33-36,37-16-4-2-5-17-37)38-18-6-3-7-19-38/h2-13,15-33H,1H2/b15-12-,32-13-. The summed E-state index contributed by atoms with van der Waals surface area (Å²) < 4.78 is 9.08. The van der Waals surface area contributed by atoms with Gasteiger partial charge >= 0.3 is 0 Å². The molecule has 9 aromatic rings. The number of aromatic nitrogens is 1. The summed E-state index contributed by atoms with van der Waals surface area (Å²) >= 11 is 1.73. The Morgan fingerprint density at radius 2 is 1.33 bits per heavy atom. The molecule has 0 amide bonds. The minimum Gasteiger partial charge on any atom is -0.455 e. The van der Waals surface area contributed by atoms with Crippen LogP contribution in [0.25, 0.3) is 78.4 Å². The number of furan rings is 1. The molecule has 266 valence electrons. The van der Waals surface area contributed by atoms with Gasteiger partial charge in [-0.2, -0.15) is 0 Å². The van der Waals surface area contributed by atoms with Crippen molar-refractivity contribution in [2.24, 2.45) is 0 Å². The van der Waals surface area contributed by atoms with E-state index in [9.17, 15) is 0 Å². The monoisotopic (exact) mass is 743 g/mol. The number of para-hydroxylation sites is 1. The second-order valence-electron chi connectivity index (χ2n) is 15.0. The summed E-state index contributed by atoms with van der Waals surface area (Å²) in [6.45, 7) is 4.55. The van der Waals surface area contributed by atoms with E-state index in [-0.39, 0.29) is 0 Å². The summed E-state index contributed by atoms with van der Waals surface area (Å²) in [6.07, 6.45) is 10.2. The third kappa shape index (κ3) is 4.44. The first kappa shape index (κ1) is 32.2. The lowest BCUT2D eigenvalue weighted by Crippen LogP contribution is -2.28. The van der Waals surface area contributed by atoms with Crippen molar-refractivity contribution in [3.63, 3.8) is 0 Å². The second kappa shape index (κ2) is 12.2. The van der Waals surface area contributed by atoms with Crippen LogP contribution in [0.3, 0.4) is 0 Å². The molecule has 0 saturated heterocycles. The Kier molecular flexibility index (Phi) is 6.92. The van der Waals surface area contributed by atoms with Crippen LogP contribution >= 0.6 is 11.8 Å².